The quantitative estimate of drug-likeness (QED) is 0.521. The van der Waals surface area contributed by atoms with Gasteiger partial charge in [0, 0.05) is 11.0 Å². The number of carbonyl (C=O) groups excluding carboxylic acids is 1. The first-order valence-electron chi connectivity index (χ1n) is 5.63. The Labute approximate surface area is 109 Å². The van der Waals surface area contributed by atoms with Crippen LogP contribution < -0.4 is 4.74 Å². The van der Waals surface area contributed by atoms with Crippen molar-refractivity contribution in [3.05, 3.63) is 54.1 Å². The van der Waals surface area contributed by atoms with Crippen LogP contribution in [0.5, 0.6) is 5.75 Å². The number of carbonyl (C=O) groups is 2. The predicted octanol–water partition coefficient (Wildman–Crippen LogP) is 3.02. The molecule has 0 aliphatic carbocycles. The molecule has 2 aromatic rings. The Morgan fingerprint density at radius 2 is 1.95 bits per heavy atom. The number of hydrogen-bond acceptors (Lipinski definition) is 3. The summed E-state index contributed by atoms with van der Waals surface area (Å²) in [5.41, 5.74) is 0.495. The Balaban J connectivity index is 2.49. The lowest BCUT2D eigenvalue weighted by Gasteiger charge is -2.08. The summed E-state index contributed by atoms with van der Waals surface area (Å²) in [5.74, 6) is -1.11. The van der Waals surface area contributed by atoms with Crippen LogP contribution in [-0.4, -0.2) is 17.0 Å². The smallest absolute Gasteiger partial charge is 0.338 e. The molecule has 2 rings (SSSR count). The molecule has 0 fully saturated rings. The molecule has 4 nitrogen and oxygen atoms in total. The summed E-state index contributed by atoms with van der Waals surface area (Å²) in [5, 5.41) is 10.3. The highest BCUT2D eigenvalue weighted by Gasteiger charge is 2.10. The van der Waals surface area contributed by atoms with E-state index >= 15 is 0 Å². The molecule has 0 radical (unpaired) electrons. The number of carboxylic acids is 1. The molecule has 2 aromatic carbocycles. The van der Waals surface area contributed by atoms with Crippen LogP contribution >= 0.6 is 0 Å². The van der Waals surface area contributed by atoms with Crippen LogP contribution in [-0.2, 0) is 4.79 Å². The van der Waals surface area contributed by atoms with E-state index in [1.54, 1.807) is 31.2 Å². The molecule has 0 aliphatic rings. The van der Waals surface area contributed by atoms with Gasteiger partial charge < -0.3 is 9.84 Å². The molecular weight excluding hydrogens is 244 g/mol. The van der Waals surface area contributed by atoms with E-state index in [4.69, 9.17) is 9.84 Å². The largest absolute Gasteiger partial charge is 0.478 e. The van der Waals surface area contributed by atoms with E-state index in [-0.39, 0.29) is 5.56 Å². The highest BCUT2D eigenvalue weighted by atomic mass is 16.5. The third-order valence-corrected chi connectivity index (χ3v) is 2.64. The van der Waals surface area contributed by atoms with Crippen molar-refractivity contribution >= 4 is 22.7 Å². The van der Waals surface area contributed by atoms with Crippen molar-refractivity contribution in [1.29, 1.82) is 0 Å². The number of hydrogen-bond donors (Lipinski definition) is 1. The third kappa shape index (κ3) is 2.63. The molecule has 0 heterocycles. The highest BCUT2D eigenvalue weighted by molar-refractivity contribution is 5.98. The van der Waals surface area contributed by atoms with E-state index in [9.17, 15) is 9.59 Å². The summed E-state index contributed by atoms with van der Waals surface area (Å²) in [6, 6.07) is 9.76. The molecular formula is C15H12O4. The fourth-order valence-corrected chi connectivity index (χ4v) is 1.66. The summed E-state index contributed by atoms with van der Waals surface area (Å²) < 4.78 is 5.20. The molecule has 0 spiro atoms. The maximum absolute atomic E-state index is 11.5. The minimum atomic E-state index is -0.994. The number of rotatable bonds is 3. The molecule has 0 atom stereocenters. The van der Waals surface area contributed by atoms with Crippen LogP contribution in [0.1, 0.15) is 17.3 Å². The molecule has 0 saturated heterocycles. The lowest BCUT2D eigenvalue weighted by atomic mass is 10.1. The molecule has 96 valence electrons. The summed E-state index contributed by atoms with van der Waals surface area (Å²) in [7, 11) is 0. The minimum absolute atomic E-state index is 0.191. The van der Waals surface area contributed by atoms with Crippen LogP contribution in [0, 0.1) is 0 Å². The minimum Gasteiger partial charge on any atom is -0.478 e. The Morgan fingerprint density at radius 1 is 1.21 bits per heavy atom. The summed E-state index contributed by atoms with van der Waals surface area (Å²) in [4.78, 5) is 22.4. The normalized spacial score (nSPS) is 10.2. The van der Waals surface area contributed by atoms with Crippen LogP contribution in [0.25, 0.3) is 10.8 Å². The van der Waals surface area contributed by atoms with Crippen molar-refractivity contribution in [1.82, 2.24) is 0 Å². The van der Waals surface area contributed by atoms with Crippen LogP contribution in [0.3, 0.4) is 0 Å². The van der Waals surface area contributed by atoms with Gasteiger partial charge in [0.2, 0.25) is 0 Å². The van der Waals surface area contributed by atoms with Gasteiger partial charge in [-0.1, -0.05) is 18.7 Å². The summed E-state index contributed by atoms with van der Waals surface area (Å²) >= 11 is 0. The monoisotopic (exact) mass is 256 g/mol. The number of benzene rings is 2. The van der Waals surface area contributed by atoms with Gasteiger partial charge in [0.05, 0.1) is 5.56 Å². The highest BCUT2D eigenvalue weighted by Crippen LogP contribution is 2.27. The van der Waals surface area contributed by atoms with Gasteiger partial charge in [0.25, 0.3) is 0 Å². The molecule has 19 heavy (non-hydrogen) atoms. The van der Waals surface area contributed by atoms with Crippen molar-refractivity contribution in [2.75, 3.05) is 0 Å². The van der Waals surface area contributed by atoms with Gasteiger partial charge in [-0.25, -0.2) is 9.59 Å². The van der Waals surface area contributed by atoms with E-state index in [2.05, 4.69) is 6.58 Å². The van der Waals surface area contributed by atoms with E-state index in [0.717, 1.165) is 0 Å². The standard InChI is InChI=1S/C15H12O4/c1-9(2)15(18)19-13-5-3-4-10-8-11(14(16)17)6-7-12(10)13/h3-8H,1H2,2H3,(H,16,17). The molecule has 0 saturated carbocycles. The average molecular weight is 256 g/mol. The Bertz CT molecular complexity index is 686. The number of carboxylic acid groups (broad SMARTS) is 1. The molecule has 0 aliphatic heterocycles. The third-order valence-electron chi connectivity index (χ3n) is 2.64. The van der Waals surface area contributed by atoms with Crippen LogP contribution in [0.4, 0.5) is 0 Å². The molecule has 0 amide bonds. The molecule has 0 unspecified atom stereocenters. The first-order valence-corrected chi connectivity index (χ1v) is 5.63. The zero-order valence-electron chi connectivity index (χ0n) is 10.3. The number of esters is 1. The van der Waals surface area contributed by atoms with Gasteiger partial charge in [-0.2, -0.15) is 0 Å². The van der Waals surface area contributed by atoms with Gasteiger partial charge in [-0.05, 0) is 36.6 Å². The van der Waals surface area contributed by atoms with Crippen molar-refractivity contribution in [3.63, 3.8) is 0 Å². The van der Waals surface area contributed by atoms with E-state index in [0.29, 0.717) is 22.1 Å². The van der Waals surface area contributed by atoms with Gasteiger partial charge in [-0.3, -0.25) is 0 Å². The number of fused-ring (bicyclic) bond motifs is 1. The van der Waals surface area contributed by atoms with Crippen molar-refractivity contribution < 1.29 is 19.4 Å². The second kappa shape index (κ2) is 4.94. The van der Waals surface area contributed by atoms with Gasteiger partial charge >= 0.3 is 11.9 Å². The molecule has 1 N–H and O–H groups in total. The van der Waals surface area contributed by atoms with E-state index < -0.39 is 11.9 Å². The predicted molar refractivity (Wildman–Crippen MR) is 71.4 cm³/mol. The second-order valence-corrected chi connectivity index (χ2v) is 4.17. The molecule has 0 bridgehead atoms. The van der Waals surface area contributed by atoms with Gasteiger partial charge in [-0.15, -0.1) is 0 Å². The SMILES string of the molecule is C=C(C)C(=O)Oc1cccc2cc(C(=O)O)ccc12. The zero-order chi connectivity index (χ0) is 14.0. The topological polar surface area (TPSA) is 63.6 Å². The van der Waals surface area contributed by atoms with Gasteiger partial charge in [0.15, 0.2) is 0 Å². The Kier molecular flexibility index (Phi) is 3.33. The fraction of sp³-hybridized carbons (Fsp3) is 0.0667. The van der Waals surface area contributed by atoms with Gasteiger partial charge in [0.1, 0.15) is 5.75 Å². The lowest BCUT2D eigenvalue weighted by molar-refractivity contribution is -0.129. The van der Waals surface area contributed by atoms with Crippen molar-refractivity contribution in [2.45, 2.75) is 6.92 Å². The average Bonchev–Trinajstić information content (AvgIpc) is 2.38. The first kappa shape index (κ1) is 12.8. The Morgan fingerprint density at radius 3 is 2.58 bits per heavy atom. The summed E-state index contributed by atoms with van der Waals surface area (Å²) in [6.45, 7) is 5.08. The first-order chi connectivity index (χ1) is 8.99. The maximum Gasteiger partial charge on any atom is 0.338 e. The van der Waals surface area contributed by atoms with Crippen LogP contribution in [0.15, 0.2) is 48.6 Å². The molecule has 4 heteroatoms. The Hall–Kier alpha value is -2.62. The van der Waals surface area contributed by atoms with Crippen molar-refractivity contribution in [2.24, 2.45) is 0 Å². The summed E-state index contributed by atoms with van der Waals surface area (Å²) in [6.07, 6.45) is 0. The fourth-order valence-electron chi connectivity index (χ4n) is 1.66. The van der Waals surface area contributed by atoms with Crippen molar-refractivity contribution in [3.8, 4) is 5.75 Å². The maximum atomic E-state index is 11.5. The number of ether oxygens (including phenoxy) is 1. The van der Waals surface area contributed by atoms with E-state index in [1.807, 2.05) is 0 Å². The lowest BCUT2D eigenvalue weighted by Crippen LogP contribution is -2.08. The van der Waals surface area contributed by atoms with Crippen LogP contribution in [0.2, 0.25) is 0 Å². The molecule has 0 aromatic heterocycles. The second-order valence-electron chi connectivity index (χ2n) is 4.17. The number of aromatic carboxylic acids is 1. The zero-order valence-corrected chi connectivity index (χ0v) is 10.3. The van der Waals surface area contributed by atoms with E-state index in [1.165, 1.54) is 12.1 Å².